The highest BCUT2D eigenvalue weighted by atomic mass is 16.4. The molecule has 0 aliphatic carbocycles. The molecule has 0 rings (SSSR count). The number of carboxylic acids is 1. The van der Waals surface area contributed by atoms with E-state index in [1.165, 1.54) is 0 Å². The number of carboxylic acid groups (broad SMARTS) is 1. The maximum Gasteiger partial charge on any atom is 0.326 e. The molecule has 0 aliphatic rings. The van der Waals surface area contributed by atoms with E-state index < -0.39 is 18.0 Å². The number of aliphatic carboxylic acids is 1. The first kappa shape index (κ1) is 14.7. The zero-order chi connectivity index (χ0) is 12.9. The van der Waals surface area contributed by atoms with Crippen LogP contribution >= 0.6 is 0 Å². The van der Waals surface area contributed by atoms with Crippen LogP contribution in [0.4, 0.5) is 4.79 Å². The number of urea groups is 1. The van der Waals surface area contributed by atoms with Gasteiger partial charge in [-0.2, -0.15) is 0 Å². The molecule has 3 N–H and O–H groups in total. The second-order valence-corrected chi connectivity index (χ2v) is 4.71. The number of carbonyl (C=O) groups is 2. The summed E-state index contributed by atoms with van der Waals surface area (Å²) in [5.41, 5.74) is 0. The molecular weight excluding hydrogens is 208 g/mol. The topological polar surface area (TPSA) is 78.4 Å². The van der Waals surface area contributed by atoms with Crippen molar-refractivity contribution in [1.82, 2.24) is 10.6 Å². The summed E-state index contributed by atoms with van der Waals surface area (Å²) < 4.78 is 0. The van der Waals surface area contributed by atoms with Crippen LogP contribution in [0.2, 0.25) is 0 Å². The van der Waals surface area contributed by atoms with Crippen LogP contribution < -0.4 is 10.6 Å². The van der Waals surface area contributed by atoms with E-state index in [0.29, 0.717) is 5.92 Å². The standard InChI is InChI=1S/C11H22N2O3/c1-6(2)8(5)12-11(16)13-9(7(3)4)10(14)15/h6-9H,1-5H3,(H,14,15)(H2,12,13,16). The van der Waals surface area contributed by atoms with E-state index in [1.54, 1.807) is 13.8 Å². The molecule has 0 heterocycles. The average Bonchev–Trinajstić information content (AvgIpc) is 2.12. The van der Waals surface area contributed by atoms with Gasteiger partial charge in [-0.3, -0.25) is 0 Å². The molecule has 0 spiro atoms. The van der Waals surface area contributed by atoms with Crippen LogP contribution in [0.25, 0.3) is 0 Å². The van der Waals surface area contributed by atoms with Gasteiger partial charge in [0, 0.05) is 6.04 Å². The fourth-order valence-corrected chi connectivity index (χ4v) is 1.07. The van der Waals surface area contributed by atoms with E-state index in [4.69, 9.17) is 5.11 Å². The van der Waals surface area contributed by atoms with Gasteiger partial charge in [-0.25, -0.2) is 9.59 Å². The Hall–Kier alpha value is -1.26. The molecule has 0 aromatic heterocycles. The Morgan fingerprint density at radius 2 is 1.44 bits per heavy atom. The van der Waals surface area contributed by atoms with E-state index in [1.807, 2.05) is 20.8 Å². The van der Waals surface area contributed by atoms with Gasteiger partial charge in [0.2, 0.25) is 0 Å². The van der Waals surface area contributed by atoms with E-state index in [0.717, 1.165) is 0 Å². The molecule has 0 saturated heterocycles. The molecule has 0 bridgehead atoms. The first-order valence-electron chi connectivity index (χ1n) is 5.55. The van der Waals surface area contributed by atoms with Crippen LogP contribution in [0.3, 0.4) is 0 Å². The van der Waals surface area contributed by atoms with Crippen LogP contribution in [-0.2, 0) is 4.79 Å². The molecule has 2 unspecified atom stereocenters. The van der Waals surface area contributed by atoms with Gasteiger partial charge in [0.25, 0.3) is 0 Å². The second kappa shape index (κ2) is 6.35. The van der Waals surface area contributed by atoms with Crippen molar-refractivity contribution in [2.24, 2.45) is 11.8 Å². The first-order chi connectivity index (χ1) is 7.25. The van der Waals surface area contributed by atoms with E-state index in [9.17, 15) is 9.59 Å². The molecule has 94 valence electrons. The quantitative estimate of drug-likeness (QED) is 0.668. The van der Waals surface area contributed by atoms with E-state index in [-0.39, 0.29) is 12.0 Å². The van der Waals surface area contributed by atoms with Crippen molar-refractivity contribution in [3.63, 3.8) is 0 Å². The van der Waals surface area contributed by atoms with Crippen molar-refractivity contribution in [3.05, 3.63) is 0 Å². The summed E-state index contributed by atoms with van der Waals surface area (Å²) in [6, 6.07) is -1.26. The van der Waals surface area contributed by atoms with Crippen LogP contribution in [0, 0.1) is 11.8 Å². The Labute approximate surface area is 96.6 Å². The zero-order valence-corrected chi connectivity index (χ0v) is 10.6. The summed E-state index contributed by atoms with van der Waals surface area (Å²) in [7, 11) is 0. The fraction of sp³-hybridized carbons (Fsp3) is 0.818. The van der Waals surface area contributed by atoms with Crippen LogP contribution in [-0.4, -0.2) is 29.2 Å². The van der Waals surface area contributed by atoms with Crippen LogP contribution in [0.5, 0.6) is 0 Å². The summed E-state index contributed by atoms with van der Waals surface area (Å²) in [5, 5.41) is 14.1. The Balaban J connectivity index is 4.26. The van der Waals surface area contributed by atoms with Crippen molar-refractivity contribution in [1.29, 1.82) is 0 Å². The molecule has 5 heteroatoms. The molecule has 5 nitrogen and oxygen atoms in total. The Morgan fingerprint density at radius 1 is 0.938 bits per heavy atom. The normalized spacial score (nSPS) is 14.7. The van der Waals surface area contributed by atoms with Gasteiger partial charge in [-0.1, -0.05) is 27.7 Å². The molecule has 0 aliphatic heterocycles. The Morgan fingerprint density at radius 3 is 1.75 bits per heavy atom. The molecule has 0 radical (unpaired) electrons. The van der Waals surface area contributed by atoms with Crippen LogP contribution in [0.1, 0.15) is 34.6 Å². The number of hydrogen-bond acceptors (Lipinski definition) is 2. The minimum Gasteiger partial charge on any atom is -0.480 e. The highest BCUT2D eigenvalue weighted by Crippen LogP contribution is 2.03. The Bertz CT molecular complexity index is 252. The molecule has 2 amide bonds. The third-order valence-corrected chi connectivity index (χ3v) is 2.58. The lowest BCUT2D eigenvalue weighted by atomic mass is 10.0. The third kappa shape index (κ3) is 5.00. The zero-order valence-electron chi connectivity index (χ0n) is 10.6. The van der Waals surface area contributed by atoms with Gasteiger partial charge in [0.05, 0.1) is 0 Å². The number of hydrogen-bond donors (Lipinski definition) is 3. The van der Waals surface area contributed by atoms with Crippen molar-refractivity contribution in [3.8, 4) is 0 Å². The molecule has 2 atom stereocenters. The van der Waals surface area contributed by atoms with Gasteiger partial charge < -0.3 is 15.7 Å². The number of carbonyl (C=O) groups excluding carboxylic acids is 1. The maximum atomic E-state index is 11.5. The first-order valence-corrected chi connectivity index (χ1v) is 5.55. The predicted molar refractivity (Wildman–Crippen MR) is 62.2 cm³/mol. The van der Waals surface area contributed by atoms with Gasteiger partial charge >= 0.3 is 12.0 Å². The second-order valence-electron chi connectivity index (χ2n) is 4.71. The smallest absolute Gasteiger partial charge is 0.326 e. The van der Waals surface area contributed by atoms with Gasteiger partial charge in [0.15, 0.2) is 0 Å². The Kier molecular flexibility index (Phi) is 5.85. The SMILES string of the molecule is CC(C)C(C)NC(=O)NC(C(=O)O)C(C)C. The highest BCUT2D eigenvalue weighted by Gasteiger charge is 2.24. The summed E-state index contributed by atoms with van der Waals surface area (Å²) in [6.07, 6.45) is 0. The third-order valence-electron chi connectivity index (χ3n) is 2.58. The monoisotopic (exact) mass is 230 g/mol. The summed E-state index contributed by atoms with van der Waals surface area (Å²) >= 11 is 0. The lowest BCUT2D eigenvalue weighted by Crippen LogP contribution is -2.51. The molecule has 0 aromatic rings. The lowest BCUT2D eigenvalue weighted by Gasteiger charge is -2.22. The van der Waals surface area contributed by atoms with Crippen molar-refractivity contribution in [2.45, 2.75) is 46.7 Å². The largest absolute Gasteiger partial charge is 0.480 e. The van der Waals surface area contributed by atoms with Crippen molar-refractivity contribution in [2.75, 3.05) is 0 Å². The summed E-state index contributed by atoms with van der Waals surface area (Å²) in [6.45, 7) is 9.37. The van der Waals surface area contributed by atoms with E-state index in [2.05, 4.69) is 10.6 Å². The highest BCUT2D eigenvalue weighted by molar-refractivity contribution is 5.82. The van der Waals surface area contributed by atoms with Gasteiger partial charge in [-0.05, 0) is 18.8 Å². The number of nitrogens with one attached hydrogen (secondary N) is 2. The van der Waals surface area contributed by atoms with Crippen LogP contribution in [0.15, 0.2) is 0 Å². The predicted octanol–water partition coefficient (Wildman–Crippen LogP) is 1.44. The van der Waals surface area contributed by atoms with Crippen molar-refractivity contribution < 1.29 is 14.7 Å². The molecular formula is C11H22N2O3. The summed E-state index contributed by atoms with van der Waals surface area (Å²) in [5.74, 6) is -0.840. The average molecular weight is 230 g/mol. The molecule has 16 heavy (non-hydrogen) atoms. The van der Waals surface area contributed by atoms with E-state index >= 15 is 0 Å². The van der Waals surface area contributed by atoms with Gasteiger partial charge in [0.1, 0.15) is 6.04 Å². The minimum absolute atomic E-state index is 0.0154. The maximum absolute atomic E-state index is 11.5. The number of amides is 2. The molecule has 0 saturated carbocycles. The fourth-order valence-electron chi connectivity index (χ4n) is 1.07. The number of rotatable bonds is 5. The van der Waals surface area contributed by atoms with Gasteiger partial charge in [-0.15, -0.1) is 0 Å². The molecule has 0 aromatic carbocycles. The molecule has 0 fully saturated rings. The minimum atomic E-state index is -1.01. The lowest BCUT2D eigenvalue weighted by molar-refractivity contribution is -0.140. The summed E-state index contributed by atoms with van der Waals surface area (Å²) in [4.78, 5) is 22.3. The van der Waals surface area contributed by atoms with Crippen molar-refractivity contribution >= 4 is 12.0 Å².